The number of aryl methyl sites for hydroxylation is 1. The summed E-state index contributed by atoms with van der Waals surface area (Å²) in [6.07, 6.45) is 6.28. The van der Waals surface area contributed by atoms with Gasteiger partial charge in [0.2, 0.25) is 23.6 Å². The molecule has 9 rings (SSSR count). The molecule has 3 aromatic heterocycles. The largest absolute Gasteiger partial charge is 0.391 e. The lowest BCUT2D eigenvalue weighted by Crippen LogP contribution is -2.57. The van der Waals surface area contributed by atoms with Crippen LogP contribution in [0.25, 0.3) is 43.9 Å². The summed E-state index contributed by atoms with van der Waals surface area (Å²) in [6, 6.07) is 14.1. The number of likely N-dealkylation sites (tertiary alicyclic amines) is 2. The van der Waals surface area contributed by atoms with Crippen molar-refractivity contribution >= 4 is 46.0 Å². The predicted molar refractivity (Wildman–Crippen MR) is 273 cm³/mol. The summed E-state index contributed by atoms with van der Waals surface area (Å²) in [4.78, 5) is 74.5. The van der Waals surface area contributed by atoms with Gasteiger partial charge in [-0.15, -0.1) is 11.3 Å². The molecule has 6 heterocycles. The number of carbonyl (C=O) groups is 4. The van der Waals surface area contributed by atoms with Crippen LogP contribution in [0.4, 0.5) is 8.78 Å². The van der Waals surface area contributed by atoms with E-state index in [0.717, 1.165) is 27.3 Å². The molecule has 0 spiro atoms. The summed E-state index contributed by atoms with van der Waals surface area (Å²) < 4.78 is 38.2. The Labute approximate surface area is 427 Å². The van der Waals surface area contributed by atoms with Gasteiger partial charge in [-0.2, -0.15) is 5.10 Å². The molecule has 0 saturated carbocycles. The SMILES string of the molecule is Cc1ncsc1-c1ccc(CNC(=O)[C@@H]2C[C@@H](O)CN2C(=O)[C@@H](NC(=O)CCCC(=O)N2CCC(n3cc(-c4cnc5cccc(-c6cc(F)c(CN7CCOCC7)c(F)c6)c5n4)cn3)CC2)C(C)(C)C)cc1. The van der Waals surface area contributed by atoms with Crippen molar-refractivity contribution in [2.45, 2.75) is 104 Å². The maximum Gasteiger partial charge on any atom is 0.246 e. The molecular formula is C54H62F2N10O6S. The number of amides is 4. The second-order valence-electron chi connectivity index (χ2n) is 20.4. The first-order chi connectivity index (χ1) is 35.1. The Kier molecular flexibility index (Phi) is 15.7. The maximum atomic E-state index is 15.5. The Bertz CT molecular complexity index is 2940. The van der Waals surface area contributed by atoms with Crippen molar-refractivity contribution < 1.29 is 37.8 Å². The standard InChI is InChI=1S/C54H62F2N10O6S/c1-33-50(73-32-59-33)35-13-11-34(12-14-35)26-58-52(70)46-25-39(67)30-65(46)53(71)51(54(2,3)4)62-47(68)9-6-10-48(69)64-17-15-38(16-18-64)66-29-37(27-60-66)45-28-57-44-8-5-7-40(49(44)61-45)36-23-42(55)41(43(56)24-36)31-63-19-21-72-22-20-63/h5,7-8,11-14,23-24,27-29,32,38-39,46,51,67H,6,9-10,15-22,25-26,30-31H2,1-4H3,(H,58,70)(H,62,68)/t39-,46+,51-/m1/s1. The van der Waals surface area contributed by atoms with E-state index in [1.165, 1.54) is 17.0 Å². The van der Waals surface area contributed by atoms with Gasteiger partial charge in [0, 0.05) is 88.0 Å². The first-order valence-electron chi connectivity index (χ1n) is 25.0. The number of fused-ring (bicyclic) bond motifs is 1. The molecule has 6 aromatic rings. The van der Waals surface area contributed by atoms with Crippen LogP contribution in [0.3, 0.4) is 0 Å². The molecule has 4 amide bonds. The van der Waals surface area contributed by atoms with E-state index < -0.39 is 41.1 Å². The number of carbonyl (C=O) groups excluding carboxylic acids is 4. The number of hydrogen-bond acceptors (Lipinski definition) is 12. The van der Waals surface area contributed by atoms with Gasteiger partial charge in [0.15, 0.2) is 0 Å². The fourth-order valence-electron chi connectivity index (χ4n) is 9.92. The monoisotopic (exact) mass is 1020 g/mol. The van der Waals surface area contributed by atoms with Crippen LogP contribution in [0.5, 0.6) is 0 Å². The third-order valence-electron chi connectivity index (χ3n) is 14.1. The van der Waals surface area contributed by atoms with Crippen molar-refractivity contribution in [2.24, 2.45) is 5.41 Å². The first kappa shape index (κ1) is 51.4. The number of thiazole rings is 1. The summed E-state index contributed by atoms with van der Waals surface area (Å²) in [6.45, 7) is 11.2. The first-order valence-corrected chi connectivity index (χ1v) is 25.9. The van der Waals surface area contributed by atoms with E-state index in [1.54, 1.807) is 40.8 Å². The molecule has 0 radical (unpaired) electrons. The normalized spacial score (nSPS) is 18.3. The zero-order chi connectivity index (χ0) is 51.4. The van der Waals surface area contributed by atoms with Gasteiger partial charge in [-0.25, -0.2) is 18.7 Å². The number of hydrogen-bond donors (Lipinski definition) is 3. The number of nitrogens with zero attached hydrogens (tertiary/aromatic N) is 8. The number of nitrogens with one attached hydrogen (secondary N) is 2. The van der Waals surface area contributed by atoms with Gasteiger partial charge >= 0.3 is 0 Å². The second-order valence-corrected chi connectivity index (χ2v) is 21.2. The number of para-hydroxylation sites is 1. The number of rotatable bonds is 15. The van der Waals surface area contributed by atoms with E-state index in [0.29, 0.717) is 80.1 Å². The lowest BCUT2D eigenvalue weighted by atomic mass is 9.85. The van der Waals surface area contributed by atoms with Crippen molar-refractivity contribution in [3.05, 3.63) is 107 Å². The number of halogens is 2. The van der Waals surface area contributed by atoms with E-state index in [9.17, 15) is 24.3 Å². The fourth-order valence-corrected chi connectivity index (χ4v) is 10.7. The lowest BCUT2D eigenvalue weighted by molar-refractivity contribution is -0.144. The Morgan fingerprint density at radius 2 is 1.66 bits per heavy atom. The topological polar surface area (TPSA) is 188 Å². The molecule has 0 bridgehead atoms. The number of β-amino-alcohol motifs (C(OH)–C–C–N with tert-alkyl or cyclic N) is 1. The van der Waals surface area contributed by atoms with Gasteiger partial charge < -0.3 is 30.3 Å². The molecule has 73 heavy (non-hydrogen) atoms. The van der Waals surface area contributed by atoms with Crippen LogP contribution < -0.4 is 10.6 Å². The van der Waals surface area contributed by atoms with Crippen LogP contribution in [0.1, 0.15) is 82.2 Å². The molecule has 3 fully saturated rings. The lowest BCUT2D eigenvalue weighted by Gasteiger charge is -2.35. The molecule has 3 saturated heterocycles. The van der Waals surface area contributed by atoms with Crippen LogP contribution in [-0.4, -0.2) is 132 Å². The van der Waals surface area contributed by atoms with Crippen LogP contribution in [-0.2, 0) is 37.0 Å². The molecule has 16 nitrogen and oxygen atoms in total. The zero-order valence-corrected chi connectivity index (χ0v) is 42.5. The number of aromatic nitrogens is 5. The Morgan fingerprint density at radius 1 is 0.918 bits per heavy atom. The molecule has 19 heteroatoms. The summed E-state index contributed by atoms with van der Waals surface area (Å²) in [5, 5.41) is 21.1. The van der Waals surface area contributed by atoms with Crippen molar-refractivity contribution in [1.82, 2.24) is 50.1 Å². The van der Waals surface area contributed by atoms with Gasteiger partial charge in [-0.05, 0) is 66.5 Å². The van der Waals surface area contributed by atoms with Crippen LogP contribution >= 0.6 is 11.3 Å². The third-order valence-corrected chi connectivity index (χ3v) is 15.1. The molecule has 3 aliphatic heterocycles. The highest BCUT2D eigenvalue weighted by atomic mass is 32.1. The molecular weight excluding hydrogens is 955 g/mol. The highest BCUT2D eigenvalue weighted by Crippen LogP contribution is 2.33. The van der Waals surface area contributed by atoms with Crippen molar-refractivity contribution in [3.63, 3.8) is 0 Å². The van der Waals surface area contributed by atoms with E-state index in [-0.39, 0.29) is 74.6 Å². The molecule has 3 N–H and O–H groups in total. The quantitative estimate of drug-likeness (QED) is 0.0977. The fraction of sp³-hybridized carbons (Fsp3) is 0.444. The molecule has 384 valence electrons. The molecule has 3 atom stereocenters. The number of morpholine rings is 1. The van der Waals surface area contributed by atoms with Crippen molar-refractivity contribution in [3.8, 4) is 32.8 Å². The number of benzene rings is 3. The smallest absolute Gasteiger partial charge is 0.246 e. The minimum Gasteiger partial charge on any atom is -0.391 e. The van der Waals surface area contributed by atoms with Gasteiger partial charge in [0.25, 0.3) is 0 Å². The van der Waals surface area contributed by atoms with E-state index in [2.05, 4.69) is 25.7 Å². The van der Waals surface area contributed by atoms with Crippen molar-refractivity contribution in [2.75, 3.05) is 45.9 Å². The molecule has 0 unspecified atom stereocenters. The summed E-state index contributed by atoms with van der Waals surface area (Å²) >= 11 is 1.57. The Balaban J connectivity index is 0.749. The van der Waals surface area contributed by atoms with E-state index in [1.807, 2.05) is 79.3 Å². The third kappa shape index (κ3) is 12.0. The van der Waals surface area contributed by atoms with Crippen molar-refractivity contribution in [1.29, 1.82) is 0 Å². The van der Waals surface area contributed by atoms with Crippen LogP contribution in [0.15, 0.2) is 78.7 Å². The molecule has 3 aliphatic rings. The van der Waals surface area contributed by atoms with E-state index in [4.69, 9.17) is 9.72 Å². The second kappa shape index (κ2) is 22.3. The Morgan fingerprint density at radius 3 is 2.36 bits per heavy atom. The predicted octanol–water partition coefficient (Wildman–Crippen LogP) is 6.85. The average molecular weight is 1020 g/mol. The summed E-state index contributed by atoms with van der Waals surface area (Å²) in [5.74, 6) is -2.50. The Hall–Kier alpha value is -6.54. The number of ether oxygens (including phenoxy) is 1. The summed E-state index contributed by atoms with van der Waals surface area (Å²) in [5.41, 5.74) is 7.30. The number of aliphatic hydroxyl groups is 1. The number of piperidine rings is 1. The maximum absolute atomic E-state index is 15.5. The molecule has 0 aliphatic carbocycles. The highest BCUT2D eigenvalue weighted by molar-refractivity contribution is 7.13. The van der Waals surface area contributed by atoms with Gasteiger partial charge in [-0.1, -0.05) is 57.2 Å². The highest BCUT2D eigenvalue weighted by Gasteiger charge is 2.44. The van der Waals surface area contributed by atoms with Gasteiger partial charge in [0.1, 0.15) is 23.7 Å². The minimum absolute atomic E-state index is 0.0268. The van der Waals surface area contributed by atoms with Crippen LogP contribution in [0, 0.1) is 24.0 Å². The minimum atomic E-state index is -0.974. The number of aliphatic hydroxyl groups excluding tert-OH is 1. The van der Waals surface area contributed by atoms with Gasteiger partial charge in [-0.3, -0.25) is 33.7 Å². The van der Waals surface area contributed by atoms with Crippen LogP contribution in [0.2, 0.25) is 0 Å². The zero-order valence-electron chi connectivity index (χ0n) is 41.7. The van der Waals surface area contributed by atoms with Gasteiger partial charge in [0.05, 0.1) is 70.6 Å². The van der Waals surface area contributed by atoms with E-state index >= 15 is 8.78 Å². The summed E-state index contributed by atoms with van der Waals surface area (Å²) in [7, 11) is 0. The average Bonchev–Trinajstić information content (AvgIpc) is 4.16. The molecule has 3 aromatic carbocycles.